The summed E-state index contributed by atoms with van der Waals surface area (Å²) in [7, 11) is 1.30. The summed E-state index contributed by atoms with van der Waals surface area (Å²) in [6.07, 6.45) is 0. The molecular formula is C19H17ClN4O4. The molecule has 0 aliphatic carbocycles. The molecule has 0 fully saturated rings. The number of halogens is 1. The summed E-state index contributed by atoms with van der Waals surface area (Å²) >= 11 is 6.09. The Morgan fingerprint density at radius 2 is 1.89 bits per heavy atom. The van der Waals surface area contributed by atoms with Crippen molar-refractivity contribution in [3.8, 4) is 11.6 Å². The average molecular weight is 401 g/mol. The van der Waals surface area contributed by atoms with Gasteiger partial charge in [0, 0.05) is 6.92 Å². The smallest absolute Gasteiger partial charge is 0.352 e. The van der Waals surface area contributed by atoms with Gasteiger partial charge in [-0.15, -0.1) is 5.10 Å². The van der Waals surface area contributed by atoms with Crippen LogP contribution in [0.25, 0.3) is 5.69 Å². The fraction of sp³-hybridized carbons (Fsp3) is 0.158. The molecule has 1 aromatic heterocycles. The summed E-state index contributed by atoms with van der Waals surface area (Å²) in [6.45, 7) is 1.40. The third-order valence-corrected chi connectivity index (χ3v) is 4.24. The van der Waals surface area contributed by atoms with E-state index < -0.39 is 11.2 Å². The van der Waals surface area contributed by atoms with Gasteiger partial charge in [-0.3, -0.25) is 9.59 Å². The van der Waals surface area contributed by atoms with Crippen LogP contribution in [0.3, 0.4) is 0 Å². The summed E-state index contributed by atoms with van der Waals surface area (Å²) in [4.78, 5) is 36.9. The molecule has 3 rings (SSSR count). The van der Waals surface area contributed by atoms with E-state index in [2.05, 4.69) is 10.4 Å². The molecule has 0 saturated carbocycles. The molecule has 0 saturated heterocycles. The maximum atomic E-state index is 13.0. The molecule has 8 nitrogen and oxygen atoms in total. The van der Waals surface area contributed by atoms with Crippen molar-refractivity contribution < 1.29 is 9.53 Å². The third kappa shape index (κ3) is 3.96. The highest BCUT2D eigenvalue weighted by molar-refractivity contribution is 6.33. The highest BCUT2D eigenvalue weighted by atomic mass is 35.5. The second kappa shape index (κ2) is 8.10. The third-order valence-electron chi connectivity index (χ3n) is 3.91. The van der Waals surface area contributed by atoms with E-state index in [0.717, 1.165) is 14.8 Å². The molecule has 1 N–H and O–H groups in total. The topological polar surface area (TPSA) is 95.2 Å². The maximum absolute atomic E-state index is 13.0. The summed E-state index contributed by atoms with van der Waals surface area (Å²) in [5.41, 5.74) is 0.129. The first-order chi connectivity index (χ1) is 13.4. The number of benzene rings is 2. The summed E-state index contributed by atoms with van der Waals surface area (Å²) in [6, 6.07) is 13.7. The van der Waals surface area contributed by atoms with Crippen molar-refractivity contribution in [3.05, 3.63) is 80.0 Å². The Labute approximate surface area is 165 Å². The van der Waals surface area contributed by atoms with E-state index in [1.165, 1.54) is 26.2 Å². The van der Waals surface area contributed by atoms with Crippen molar-refractivity contribution in [2.75, 3.05) is 12.4 Å². The number of nitrogens with zero attached hydrogens (tertiary/aromatic N) is 3. The molecular weight excluding hydrogens is 384 g/mol. The largest absolute Gasteiger partial charge is 0.476 e. The highest BCUT2D eigenvalue weighted by Gasteiger charge is 2.16. The lowest BCUT2D eigenvalue weighted by Gasteiger charge is -2.13. The van der Waals surface area contributed by atoms with Gasteiger partial charge in [0.25, 0.3) is 5.88 Å². The van der Waals surface area contributed by atoms with Crippen molar-refractivity contribution >= 4 is 23.2 Å². The van der Waals surface area contributed by atoms with Crippen LogP contribution in [0.5, 0.6) is 5.88 Å². The number of carbonyl (C=O) groups excluding carboxylic acids is 1. The second-order valence-corrected chi connectivity index (χ2v) is 6.33. The summed E-state index contributed by atoms with van der Waals surface area (Å²) in [5.74, 6) is -0.544. The molecule has 0 radical (unpaired) electrons. The van der Waals surface area contributed by atoms with E-state index in [-0.39, 0.29) is 18.3 Å². The van der Waals surface area contributed by atoms with Gasteiger partial charge < -0.3 is 10.1 Å². The number of hydrogen-bond acceptors (Lipinski definition) is 5. The Morgan fingerprint density at radius 3 is 2.54 bits per heavy atom. The fourth-order valence-electron chi connectivity index (χ4n) is 2.63. The Bertz CT molecular complexity index is 1140. The quantitative estimate of drug-likeness (QED) is 0.707. The zero-order valence-corrected chi connectivity index (χ0v) is 15.9. The first-order valence-electron chi connectivity index (χ1n) is 8.30. The lowest BCUT2D eigenvalue weighted by atomic mass is 10.2. The molecule has 9 heteroatoms. The fourth-order valence-corrected chi connectivity index (χ4v) is 2.79. The molecule has 2 aromatic carbocycles. The van der Waals surface area contributed by atoms with Crippen molar-refractivity contribution in [2.45, 2.75) is 13.5 Å². The number of nitrogens with one attached hydrogen (secondary N) is 1. The van der Waals surface area contributed by atoms with Gasteiger partial charge in [-0.25, -0.2) is 9.36 Å². The minimum atomic E-state index is -0.647. The molecule has 0 aliphatic rings. The van der Waals surface area contributed by atoms with Crippen LogP contribution in [0.2, 0.25) is 5.02 Å². The summed E-state index contributed by atoms with van der Waals surface area (Å²) < 4.78 is 7.13. The minimum absolute atomic E-state index is 0.0591. The Morgan fingerprint density at radius 1 is 1.18 bits per heavy atom. The second-order valence-electron chi connectivity index (χ2n) is 5.93. The number of amides is 1. The van der Waals surface area contributed by atoms with E-state index in [4.69, 9.17) is 16.3 Å². The standard InChI is InChI=1S/C19H17ClN4O4/c1-12(25)21-16-10-14(8-9-15(16)20)24-19(27)23(18(26)17(22-24)28-2)11-13-6-4-3-5-7-13/h3-10H,11H2,1-2H3,(H,21,25). The molecule has 3 aromatic rings. The van der Waals surface area contributed by atoms with Gasteiger partial charge in [-0.1, -0.05) is 41.9 Å². The van der Waals surface area contributed by atoms with Crippen LogP contribution < -0.4 is 21.3 Å². The first kappa shape index (κ1) is 19.4. The molecule has 144 valence electrons. The Hall–Kier alpha value is -3.39. The van der Waals surface area contributed by atoms with Crippen LogP contribution in [-0.4, -0.2) is 27.4 Å². The van der Waals surface area contributed by atoms with Crippen LogP contribution in [0.4, 0.5) is 5.69 Å². The van der Waals surface area contributed by atoms with Crippen LogP contribution in [0, 0.1) is 0 Å². The number of hydrogen-bond donors (Lipinski definition) is 1. The maximum Gasteiger partial charge on any atom is 0.352 e. The van der Waals surface area contributed by atoms with Gasteiger partial charge in [0.05, 0.1) is 30.1 Å². The van der Waals surface area contributed by atoms with Gasteiger partial charge >= 0.3 is 11.2 Å². The molecule has 0 aliphatic heterocycles. The Balaban J connectivity index is 2.17. The molecule has 0 unspecified atom stereocenters. The van der Waals surface area contributed by atoms with Gasteiger partial charge in [-0.2, -0.15) is 4.68 Å². The lowest BCUT2D eigenvalue weighted by Crippen LogP contribution is -2.41. The predicted molar refractivity (Wildman–Crippen MR) is 106 cm³/mol. The van der Waals surface area contributed by atoms with E-state index in [1.54, 1.807) is 18.2 Å². The number of anilines is 1. The van der Waals surface area contributed by atoms with E-state index >= 15 is 0 Å². The van der Waals surface area contributed by atoms with Crippen molar-refractivity contribution in [1.82, 2.24) is 14.3 Å². The van der Waals surface area contributed by atoms with Gasteiger partial charge in [0.15, 0.2) is 0 Å². The molecule has 1 amide bonds. The zero-order valence-electron chi connectivity index (χ0n) is 15.2. The Kier molecular flexibility index (Phi) is 5.60. The first-order valence-corrected chi connectivity index (χ1v) is 8.68. The number of methoxy groups -OCH3 is 1. The normalized spacial score (nSPS) is 10.5. The average Bonchev–Trinajstić information content (AvgIpc) is 2.68. The molecule has 0 atom stereocenters. The molecule has 1 heterocycles. The molecule has 28 heavy (non-hydrogen) atoms. The zero-order chi connectivity index (χ0) is 20.3. The number of aromatic nitrogens is 3. The monoisotopic (exact) mass is 400 g/mol. The number of rotatable bonds is 5. The van der Waals surface area contributed by atoms with E-state index in [1.807, 2.05) is 18.2 Å². The lowest BCUT2D eigenvalue weighted by molar-refractivity contribution is -0.114. The van der Waals surface area contributed by atoms with E-state index in [0.29, 0.717) is 16.4 Å². The van der Waals surface area contributed by atoms with Crippen LogP contribution in [0.1, 0.15) is 12.5 Å². The van der Waals surface area contributed by atoms with Gasteiger partial charge in [-0.05, 0) is 23.8 Å². The van der Waals surface area contributed by atoms with Crippen LogP contribution >= 0.6 is 11.6 Å². The van der Waals surface area contributed by atoms with Crippen LogP contribution in [-0.2, 0) is 11.3 Å². The van der Waals surface area contributed by atoms with Gasteiger partial charge in [0.1, 0.15) is 0 Å². The highest BCUT2D eigenvalue weighted by Crippen LogP contribution is 2.24. The molecule has 0 bridgehead atoms. The van der Waals surface area contributed by atoms with Gasteiger partial charge in [0.2, 0.25) is 5.91 Å². The van der Waals surface area contributed by atoms with Crippen molar-refractivity contribution in [2.24, 2.45) is 0 Å². The van der Waals surface area contributed by atoms with E-state index in [9.17, 15) is 14.4 Å². The molecule has 0 spiro atoms. The number of ether oxygens (including phenoxy) is 1. The number of carbonyl (C=O) groups is 1. The SMILES string of the molecule is COc1nn(-c2ccc(Cl)c(NC(C)=O)c2)c(=O)n(Cc2ccccc2)c1=O. The van der Waals surface area contributed by atoms with Crippen molar-refractivity contribution in [3.63, 3.8) is 0 Å². The minimum Gasteiger partial charge on any atom is -0.476 e. The van der Waals surface area contributed by atoms with Crippen molar-refractivity contribution in [1.29, 1.82) is 0 Å². The van der Waals surface area contributed by atoms with Crippen LogP contribution in [0.15, 0.2) is 58.1 Å². The summed E-state index contributed by atoms with van der Waals surface area (Å²) in [5, 5.41) is 6.89. The predicted octanol–water partition coefficient (Wildman–Crippen LogP) is 2.06.